The fourth-order valence-corrected chi connectivity index (χ4v) is 3.52. The van der Waals surface area contributed by atoms with Gasteiger partial charge in [-0.05, 0) is 30.2 Å². The lowest BCUT2D eigenvalue weighted by Gasteiger charge is -2.43. The van der Waals surface area contributed by atoms with Gasteiger partial charge in [-0.1, -0.05) is 48.5 Å². The van der Waals surface area contributed by atoms with Gasteiger partial charge in [0.05, 0.1) is 13.2 Å². The van der Waals surface area contributed by atoms with Crippen LogP contribution in [0.3, 0.4) is 0 Å². The van der Waals surface area contributed by atoms with Gasteiger partial charge in [-0.25, -0.2) is 4.79 Å². The number of cyclic esters (lactones) is 1. The lowest BCUT2D eigenvalue weighted by Crippen LogP contribution is -2.48. The van der Waals surface area contributed by atoms with Gasteiger partial charge in [-0.15, -0.1) is 6.58 Å². The summed E-state index contributed by atoms with van der Waals surface area (Å²) in [5.74, 6) is 0.802. The summed E-state index contributed by atoms with van der Waals surface area (Å²) in [6.07, 6.45) is 2.87. The van der Waals surface area contributed by atoms with E-state index in [-0.39, 0.29) is 12.1 Å². The summed E-state index contributed by atoms with van der Waals surface area (Å²) in [6.45, 7) is 6.51. The number of benzene rings is 2. The Bertz CT molecular complexity index is 757. The Kier molecular flexibility index (Phi) is 5.31. The first-order valence-corrected chi connectivity index (χ1v) is 8.89. The zero-order chi connectivity index (χ0) is 18.6. The zero-order valence-corrected chi connectivity index (χ0v) is 15.4. The minimum Gasteiger partial charge on any atom is -0.497 e. The molecule has 4 nitrogen and oxygen atoms in total. The van der Waals surface area contributed by atoms with Gasteiger partial charge in [-0.2, -0.15) is 0 Å². The molecule has 1 amide bonds. The summed E-state index contributed by atoms with van der Waals surface area (Å²) in [5.41, 5.74) is 1.44. The van der Waals surface area contributed by atoms with Gasteiger partial charge in [0.2, 0.25) is 0 Å². The number of hydrogen-bond acceptors (Lipinski definition) is 3. The van der Waals surface area contributed by atoms with Crippen LogP contribution in [0.15, 0.2) is 67.3 Å². The van der Waals surface area contributed by atoms with Gasteiger partial charge >= 0.3 is 6.09 Å². The van der Waals surface area contributed by atoms with E-state index in [1.807, 2.05) is 67.6 Å². The molecule has 2 aromatic rings. The van der Waals surface area contributed by atoms with E-state index in [0.29, 0.717) is 13.0 Å². The van der Waals surface area contributed by atoms with Crippen molar-refractivity contribution in [2.75, 3.05) is 13.7 Å². The molecule has 0 N–H and O–H groups in total. The van der Waals surface area contributed by atoms with Crippen molar-refractivity contribution in [3.63, 3.8) is 0 Å². The van der Waals surface area contributed by atoms with Crippen LogP contribution in [0.25, 0.3) is 0 Å². The molecule has 0 aliphatic carbocycles. The van der Waals surface area contributed by atoms with Crippen LogP contribution in [0, 0.1) is 0 Å². The van der Waals surface area contributed by atoms with Crippen molar-refractivity contribution < 1.29 is 14.3 Å². The maximum Gasteiger partial charge on any atom is 0.411 e. The number of ether oxygens (including phenoxy) is 2. The molecule has 2 aromatic carbocycles. The van der Waals surface area contributed by atoms with Crippen molar-refractivity contribution in [3.8, 4) is 5.75 Å². The zero-order valence-electron chi connectivity index (χ0n) is 15.4. The van der Waals surface area contributed by atoms with Gasteiger partial charge in [0, 0.05) is 19.4 Å². The standard InChI is InChI=1S/C22H25NO3/c1-4-14-22(19-8-6-5-7-9-19)15-16-23(21(24)26-22)17(2)18-10-12-20(25-3)13-11-18/h4-13,17H,1,14-16H2,2-3H3/t17-,22?/m0/s1. The first-order valence-electron chi connectivity index (χ1n) is 8.89. The van der Waals surface area contributed by atoms with Crippen LogP contribution >= 0.6 is 0 Å². The third-order valence-corrected chi connectivity index (χ3v) is 5.11. The van der Waals surface area contributed by atoms with Crippen molar-refractivity contribution >= 4 is 6.09 Å². The number of carbonyl (C=O) groups is 1. The topological polar surface area (TPSA) is 38.8 Å². The average molecular weight is 351 g/mol. The maximum absolute atomic E-state index is 12.8. The number of methoxy groups -OCH3 is 1. The van der Waals surface area contributed by atoms with Crippen LogP contribution in [-0.4, -0.2) is 24.6 Å². The van der Waals surface area contributed by atoms with E-state index >= 15 is 0 Å². The Morgan fingerprint density at radius 3 is 2.50 bits per heavy atom. The van der Waals surface area contributed by atoms with Crippen molar-refractivity contribution in [2.45, 2.75) is 31.4 Å². The first-order chi connectivity index (χ1) is 12.6. The Morgan fingerprint density at radius 1 is 1.23 bits per heavy atom. The molecule has 136 valence electrons. The fraction of sp³-hybridized carbons (Fsp3) is 0.318. The van der Waals surface area contributed by atoms with Crippen molar-refractivity contribution in [2.24, 2.45) is 0 Å². The number of hydrogen-bond donors (Lipinski definition) is 0. The Hall–Kier alpha value is -2.75. The second-order valence-electron chi connectivity index (χ2n) is 6.61. The molecular formula is C22H25NO3. The largest absolute Gasteiger partial charge is 0.497 e. The van der Waals surface area contributed by atoms with Crippen LogP contribution in [0.4, 0.5) is 4.79 Å². The smallest absolute Gasteiger partial charge is 0.411 e. The highest BCUT2D eigenvalue weighted by Crippen LogP contribution is 2.39. The second kappa shape index (κ2) is 7.65. The molecule has 1 fully saturated rings. The lowest BCUT2D eigenvalue weighted by molar-refractivity contribution is -0.0588. The van der Waals surface area contributed by atoms with E-state index in [1.54, 1.807) is 12.0 Å². The molecule has 1 aliphatic rings. The lowest BCUT2D eigenvalue weighted by atomic mass is 9.85. The highest BCUT2D eigenvalue weighted by atomic mass is 16.6. The number of nitrogens with zero attached hydrogens (tertiary/aromatic N) is 1. The minimum atomic E-state index is -0.629. The summed E-state index contributed by atoms with van der Waals surface area (Å²) < 4.78 is 11.2. The van der Waals surface area contributed by atoms with E-state index in [2.05, 4.69) is 6.58 Å². The molecular weight excluding hydrogens is 326 g/mol. The van der Waals surface area contributed by atoms with Gasteiger partial charge in [-0.3, -0.25) is 0 Å². The van der Waals surface area contributed by atoms with Crippen LogP contribution in [0.5, 0.6) is 5.75 Å². The molecule has 4 heteroatoms. The highest BCUT2D eigenvalue weighted by Gasteiger charge is 2.42. The summed E-state index contributed by atoms with van der Waals surface area (Å²) in [5, 5.41) is 0. The highest BCUT2D eigenvalue weighted by molar-refractivity contribution is 5.70. The molecule has 0 radical (unpaired) electrons. The normalized spacial score (nSPS) is 21.0. The van der Waals surface area contributed by atoms with E-state index in [0.717, 1.165) is 23.3 Å². The molecule has 26 heavy (non-hydrogen) atoms. The molecule has 0 bridgehead atoms. The van der Waals surface area contributed by atoms with Gasteiger partial charge in [0.15, 0.2) is 0 Å². The number of rotatable bonds is 6. The molecule has 1 heterocycles. The van der Waals surface area contributed by atoms with Gasteiger partial charge in [0.1, 0.15) is 11.4 Å². The van der Waals surface area contributed by atoms with Crippen LogP contribution in [0.2, 0.25) is 0 Å². The summed E-state index contributed by atoms with van der Waals surface area (Å²) in [6, 6.07) is 17.7. The van der Waals surface area contributed by atoms with E-state index in [1.165, 1.54) is 0 Å². The monoisotopic (exact) mass is 351 g/mol. The third kappa shape index (κ3) is 3.45. The average Bonchev–Trinajstić information content (AvgIpc) is 2.68. The minimum absolute atomic E-state index is 0.0640. The fourth-order valence-electron chi connectivity index (χ4n) is 3.52. The summed E-state index contributed by atoms with van der Waals surface area (Å²) in [7, 11) is 1.64. The van der Waals surface area contributed by atoms with Crippen molar-refractivity contribution in [3.05, 3.63) is 78.4 Å². The quantitative estimate of drug-likeness (QED) is 0.682. The van der Waals surface area contributed by atoms with E-state index in [9.17, 15) is 4.79 Å². The molecule has 3 rings (SSSR count). The molecule has 2 atom stereocenters. The van der Waals surface area contributed by atoms with Crippen LogP contribution in [0.1, 0.15) is 36.9 Å². The van der Waals surface area contributed by atoms with Crippen molar-refractivity contribution in [1.82, 2.24) is 4.90 Å². The molecule has 1 aliphatic heterocycles. The van der Waals surface area contributed by atoms with E-state index < -0.39 is 5.60 Å². The molecule has 1 saturated heterocycles. The Labute approximate surface area is 155 Å². The molecule has 0 saturated carbocycles. The summed E-state index contributed by atoms with van der Waals surface area (Å²) in [4.78, 5) is 14.6. The maximum atomic E-state index is 12.8. The van der Waals surface area contributed by atoms with Crippen LogP contribution < -0.4 is 4.74 Å². The summed E-state index contributed by atoms with van der Waals surface area (Å²) >= 11 is 0. The van der Waals surface area contributed by atoms with Gasteiger partial charge in [0.25, 0.3) is 0 Å². The third-order valence-electron chi connectivity index (χ3n) is 5.11. The van der Waals surface area contributed by atoms with Crippen molar-refractivity contribution in [1.29, 1.82) is 0 Å². The SMILES string of the molecule is C=CCC1(c2ccccc2)CCN([C@@H](C)c2ccc(OC)cc2)C(=O)O1. The van der Waals surface area contributed by atoms with Gasteiger partial charge < -0.3 is 14.4 Å². The molecule has 1 unspecified atom stereocenters. The van der Waals surface area contributed by atoms with Crippen LogP contribution in [-0.2, 0) is 10.3 Å². The predicted octanol–water partition coefficient (Wildman–Crippen LogP) is 5.07. The first kappa shape index (κ1) is 18.1. The molecule has 0 spiro atoms. The number of carbonyl (C=O) groups excluding carboxylic acids is 1. The Morgan fingerprint density at radius 2 is 1.92 bits per heavy atom. The molecule has 0 aromatic heterocycles. The predicted molar refractivity (Wildman–Crippen MR) is 102 cm³/mol. The Balaban J connectivity index is 1.80. The second-order valence-corrected chi connectivity index (χ2v) is 6.61. The van der Waals surface area contributed by atoms with E-state index in [4.69, 9.17) is 9.47 Å². The number of amides is 1.